The minimum atomic E-state index is -2.75. The number of hydrogen-bond donors (Lipinski definition) is 0. The number of benzene rings is 3. The lowest BCUT2D eigenvalue weighted by molar-refractivity contribution is 0.441. The van der Waals surface area contributed by atoms with Gasteiger partial charge < -0.3 is 4.74 Å². The summed E-state index contributed by atoms with van der Waals surface area (Å²) in [5.74, 6) is -0.927. The van der Waals surface area contributed by atoms with Crippen LogP contribution < -0.4 is 9.92 Å². The van der Waals surface area contributed by atoms with Gasteiger partial charge in [0.25, 0.3) is 0 Å². The molecule has 3 rings (SSSR count). The molecule has 0 spiro atoms. The van der Waals surface area contributed by atoms with Gasteiger partial charge in [0.15, 0.2) is 19.6 Å². The Morgan fingerprint density at radius 1 is 0.857 bits per heavy atom. The molecule has 0 N–H and O–H groups in total. The van der Waals surface area contributed by atoms with E-state index in [-0.39, 0.29) is 12.2 Å². The second kappa shape index (κ2) is 8.48. The Morgan fingerprint density at radius 3 is 2.11 bits per heavy atom. The van der Waals surface area contributed by atoms with Crippen molar-refractivity contribution in [2.75, 3.05) is 0 Å². The van der Waals surface area contributed by atoms with Crippen LogP contribution in [0.3, 0.4) is 0 Å². The fourth-order valence-corrected chi connectivity index (χ4v) is 4.97. The third-order valence-corrected chi connectivity index (χ3v) is 7.75. The average Bonchev–Trinajstić information content (AvgIpc) is 2.71. The molecule has 5 heteroatoms. The second-order valence-electron chi connectivity index (χ2n) is 7.07. The van der Waals surface area contributed by atoms with Crippen LogP contribution in [0.15, 0.2) is 90.1 Å². The van der Waals surface area contributed by atoms with Gasteiger partial charge in [0.1, 0.15) is 17.0 Å². The lowest BCUT2D eigenvalue weighted by Gasteiger charge is -2.21. The molecule has 0 aromatic heterocycles. The van der Waals surface area contributed by atoms with Gasteiger partial charge in [0.2, 0.25) is 0 Å². The van der Waals surface area contributed by atoms with Crippen LogP contribution in [-0.4, -0.2) is 8.07 Å². The summed E-state index contributed by atoms with van der Waals surface area (Å²) in [7, 11) is -2.75. The molecular weight excluding hydrogens is 377 g/mol. The molecular formula is C23H21F3OSi. The number of para-hydroxylation sites is 1. The largest absolute Gasteiger partial charge is 0.454 e. The first-order valence-electron chi connectivity index (χ1n) is 8.99. The fraction of sp³-hybridized carbons (Fsp3) is 0.130. The van der Waals surface area contributed by atoms with Crippen LogP contribution in [0.4, 0.5) is 13.2 Å². The van der Waals surface area contributed by atoms with Gasteiger partial charge in [-0.25, -0.2) is 13.2 Å². The minimum absolute atomic E-state index is 0.0172. The van der Waals surface area contributed by atoms with Crippen molar-refractivity contribution in [3.8, 4) is 11.5 Å². The van der Waals surface area contributed by atoms with E-state index in [9.17, 15) is 13.2 Å². The first kappa shape index (κ1) is 20.0. The van der Waals surface area contributed by atoms with Crippen LogP contribution in [-0.2, 0) is 6.42 Å². The molecule has 0 amide bonds. The van der Waals surface area contributed by atoms with Crippen molar-refractivity contribution in [2.45, 2.75) is 19.5 Å². The highest BCUT2D eigenvalue weighted by molar-refractivity contribution is 6.95. The predicted molar refractivity (Wildman–Crippen MR) is 109 cm³/mol. The summed E-state index contributed by atoms with van der Waals surface area (Å²) < 4.78 is 49.3. The van der Waals surface area contributed by atoms with Gasteiger partial charge in [0.05, 0.1) is 0 Å². The quantitative estimate of drug-likeness (QED) is 0.433. The Balaban J connectivity index is 1.84. The number of halogens is 3. The Bertz CT molecular complexity index is 970. The Morgan fingerprint density at radius 2 is 1.46 bits per heavy atom. The molecule has 144 valence electrons. The molecule has 0 aliphatic carbocycles. The van der Waals surface area contributed by atoms with Crippen LogP contribution in [0.1, 0.15) is 5.56 Å². The molecule has 0 aliphatic rings. The lowest BCUT2D eigenvalue weighted by atomic mass is 10.1. The van der Waals surface area contributed by atoms with Gasteiger partial charge >= 0.3 is 0 Å². The molecule has 3 aromatic carbocycles. The normalized spacial score (nSPS) is 12.5. The lowest BCUT2D eigenvalue weighted by Crippen LogP contribution is -2.43. The molecule has 0 heterocycles. The highest BCUT2D eigenvalue weighted by Gasteiger charge is 2.32. The molecule has 28 heavy (non-hydrogen) atoms. The van der Waals surface area contributed by atoms with E-state index >= 15 is 0 Å². The summed E-state index contributed by atoms with van der Waals surface area (Å²) in [4.78, 5) is 0. The van der Waals surface area contributed by atoms with Crippen LogP contribution in [0, 0.1) is 5.82 Å². The Labute approximate surface area is 164 Å². The molecule has 0 saturated carbocycles. The summed E-state index contributed by atoms with van der Waals surface area (Å²) in [5.41, 5.74) is -0.258. The zero-order valence-electron chi connectivity index (χ0n) is 15.8. The highest BCUT2D eigenvalue weighted by Crippen LogP contribution is 2.28. The third kappa shape index (κ3) is 4.54. The third-order valence-electron chi connectivity index (χ3n) is 4.61. The first-order valence-corrected chi connectivity index (χ1v) is 12.0. The van der Waals surface area contributed by atoms with E-state index in [1.807, 2.05) is 36.4 Å². The standard InChI is InChI=1S/C23H21F3OSi/c1-28(2,19-11-7-4-8-12-19)23(26)21(25)15-17-13-14-20(24)22(16-17)27-18-9-5-3-6-10-18/h3-14,16H,15H2,1-2H3/b23-21-. The van der Waals surface area contributed by atoms with Gasteiger partial charge in [-0.3, -0.25) is 0 Å². The van der Waals surface area contributed by atoms with Crippen molar-refractivity contribution < 1.29 is 17.9 Å². The summed E-state index contributed by atoms with van der Waals surface area (Å²) in [5, 5.41) is 0.815. The minimum Gasteiger partial charge on any atom is -0.454 e. The topological polar surface area (TPSA) is 9.23 Å². The monoisotopic (exact) mass is 398 g/mol. The predicted octanol–water partition coefficient (Wildman–Crippen LogP) is 6.47. The SMILES string of the molecule is C[Si](C)(/C(F)=C(\F)Cc1ccc(F)c(Oc2ccccc2)c1)c1ccccc1. The molecule has 0 atom stereocenters. The summed E-state index contributed by atoms with van der Waals surface area (Å²) in [6, 6.07) is 21.9. The van der Waals surface area contributed by atoms with Gasteiger partial charge in [0, 0.05) is 6.42 Å². The van der Waals surface area contributed by atoms with E-state index in [1.54, 1.807) is 37.4 Å². The first-order chi connectivity index (χ1) is 13.4. The maximum atomic E-state index is 14.9. The molecule has 0 aliphatic heterocycles. The smallest absolute Gasteiger partial charge is 0.165 e. The summed E-state index contributed by atoms with van der Waals surface area (Å²) in [6.07, 6.45) is -0.249. The highest BCUT2D eigenvalue weighted by atomic mass is 28.3. The molecule has 0 radical (unpaired) electrons. The van der Waals surface area contributed by atoms with Crippen molar-refractivity contribution in [3.05, 3.63) is 102 Å². The molecule has 0 fully saturated rings. The van der Waals surface area contributed by atoms with Gasteiger partial charge in [-0.05, 0) is 29.8 Å². The van der Waals surface area contributed by atoms with Crippen molar-refractivity contribution >= 4 is 13.3 Å². The number of ether oxygens (including phenoxy) is 1. The molecule has 0 bridgehead atoms. The van der Waals surface area contributed by atoms with Crippen LogP contribution in [0.5, 0.6) is 11.5 Å². The maximum Gasteiger partial charge on any atom is 0.165 e. The van der Waals surface area contributed by atoms with E-state index < -0.39 is 25.2 Å². The summed E-state index contributed by atoms with van der Waals surface area (Å²) in [6.45, 7) is 3.54. The van der Waals surface area contributed by atoms with E-state index in [0.29, 0.717) is 11.3 Å². The van der Waals surface area contributed by atoms with Crippen molar-refractivity contribution in [1.82, 2.24) is 0 Å². The van der Waals surface area contributed by atoms with E-state index in [0.717, 1.165) is 5.19 Å². The van der Waals surface area contributed by atoms with Crippen molar-refractivity contribution in [2.24, 2.45) is 0 Å². The maximum absolute atomic E-state index is 14.9. The number of rotatable bonds is 6. The number of allylic oxidation sites excluding steroid dienone is 1. The van der Waals surface area contributed by atoms with Crippen molar-refractivity contribution in [1.29, 1.82) is 0 Å². The van der Waals surface area contributed by atoms with Crippen LogP contribution in [0.25, 0.3) is 0 Å². The van der Waals surface area contributed by atoms with E-state index in [1.165, 1.54) is 18.2 Å². The zero-order valence-corrected chi connectivity index (χ0v) is 16.8. The molecule has 1 nitrogen and oxygen atoms in total. The van der Waals surface area contributed by atoms with Crippen LogP contribution in [0.2, 0.25) is 13.1 Å². The molecule has 0 saturated heterocycles. The van der Waals surface area contributed by atoms with Crippen molar-refractivity contribution in [3.63, 3.8) is 0 Å². The second-order valence-corrected chi connectivity index (χ2v) is 11.3. The Kier molecular flexibility index (Phi) is 6.04. The molecule has 0 unspecified atom stereocenters. The Hall–Kier alpha value is -2.79. The number of hydrogen-bond acceptors (Lipinski definition) is 1. The van der Waals surface area contributed by atoms with E-state index in [4.69, 9.17) is 4.74 Å². The summed E-state index contributed by atoms with van der Waals surface area (Å²) >= 11 is 0. The van der Waals surface area contributed by atoms with Gasteiger partial charge in [-0.15, -0.1) is 0 Å². The zero-order chi connectivity index (χ0) is 20.1. The van der Waals surface area contributed by atoms with E-state index in [2.05, 4.69) is 0 Å². The fourth-order valence-electron chi connectivity index (χ4n) is 2.93. The van der Waals surface area contributed by atoms with Crippen LogP contribution >= 0.6 is 0 Å². The van der Waals surface area contributed by atoms with Gasteiger partial charge in [-0.2, -0.15) is 0 Å². The average molecular weight is 399 g/mol. The van der Waals surface area contributed by atoms with Gasteiger partial charge in [-0.1, -0.05) is 72.9 Å². The molecule has 3 aromatic rings.